The standard InChI is InChI=1S/C25H15NO4S2/c27-17-10-11-18-20(12-17)32-23(22(28)16-4-2-1-3-5-16)21(18)15-8-6-14(7-9-15)19-13-31-24(26-19)25(29)30/h1-13,27H,(H,29,30). The van der Waals surface area contributed by atoms with E-state index in [1.807, 2.05) is 48.5 Å². The van der Waals surface area contributed by atoms with Crippen LogP contribution >= 0.6 is 22.7 Å². The second-order valence-electron chi connectivity index (χ2n) is 7.10. The van der Waals surface area contributed by atoms with Crippen molar-refractivity contribution in [1.82, 2.24) is 4.98 Å². The highest BCUT2D eigenvalue weighted by Gasteiger charge is 2.21. The minimum Gasteiger partial charge on any atom is -0.508 e. The SMILES string of the molecule is O=C(O)c1nc(-c2ccc(-c3c(C(=O)c4ccccc4)sc4cc(O)ccc34)cc2)cs1. The zero-order chi connectivity index (χ0) is 22.2. The lowest BCUT2D eigenvalue weighted by atomic mass is 9.97. The molecule has 5 nitrogen and oxygen atoms in total. The summed E-state index contributed by atoms with van der Waals surface area (Å²) < 4.78 is 0.828. The molecule has 0 fully saturated rings. The van der Waals surface area contributed by atoms with Crippen molar-refractivity contribution in [2.45, 2.75) is 0 Å². The van der Waals surface area contributed by atoms with Gasteiger partial charge in [0.1, 0.15) is 5.75 Å². The van der Waals surface area contributed by atoms with Gasteiger partial charge in [-0.05, 0) is 23.8 Å². The Morgan fingerprint density at radius 3 is 2.28 bits per heavy atom. The summed E-state index contributed by atoms with van der Waals surface area (Å²) in [4.78, 5) is 29.2. The molecule has 5 rings (SSSR count). The van der Waals surface area contributed by atoms with Crippen LogP contribution in [0.4, 0.5) is 0 Å². The summed E-state index contributed by atoms with van der Waals surface area (Å²) in [5.74, 6) is -0.969. The van der Waals surface area contributed by atoms with Crippen LogP contribution in [-0.2, 0) is 0 Å². The molecule has 5 aromatic rings. The highest BCUT2D eigenvalue weighted by molar-refractivity contribution is 7.21. The molecule has 0 unspecified atom stereocenters. The first-order chi connectivity index (χ1) is 15.5. The van der Waals surface area contributed by atoms with Crippen LogP contribution in [0.25, 0.3) is 32.5 Å². The maximum atomic E-state index is 13.3. The highest BCUT2D eigenvalue weighted by Crippen LogP contribution is 2.41. The number of carboxylic acids is 1. The number of carboxylic acid groups (broad SMARTS) is 1. The molecule has 0 radical (unpaired) electrons. The summed E-state index contributed by atoms with van der Waals surface area (Å²) in [5, 5.41) is 21.7. The summed E-state index contributed by atoms with van der Waals surface area (Å²) in [5.41, 5.74) is 3.67. The first-order valence-electron chi connectivity index (χ1n) is 9.66. The average Bonchev–Trinajstić information content (AvgIpc) is 3.44. The lowest BCUT2D eigenvalue weighted by Gasteiger charge is -2.06. The minimum atomic E-state index is -1.05. The van der Waals surface area contributed by atoms with Gasteiger partial charge in [-0.2, -0.15) is 0 Å². The van der Waals surface area contributed by atoms with E-state index in [9.17, 15) is 14.7 Å². The van der Waals surface area contributed by atoms with Gasteiger partial charge in [-0.15, -0.1) is 22.7 Å². The lowest BCUT2D eigenvalue weighted by molar-refractivity contribution is 0.0696. The van der Waals surface area contributed by atoms with Gasteiger partial charge in [-0.1, -0.05) is 54.6 Å². The molecule has 0 amide bonds. The maximum Gasteiger partial charge on any atom is 0.365 e. The summed E-state index contributed by atoms with van der Waals surface area (Å²) >= 11 is 2.44. The van der Waals surface area contributed by atoms with E-state index in [2.05, 4.69) is 4.98 Å². The third-order valence-corrected chi connectivity index (χ3v) is 7.05. The molecular formula is C25H15NO4S2. The number of nitrogens with zero attached hydrogens (tertiary/aromatic N) is 1. The summed E-state index contributed by atoms with van der Waals surface area (Å²) in [6.07, 6.45) is 0. The van der Waals surface area contributed by atoms with Crippen molar-refractivity contribution >= 4 is 44.5 Å². The second-order valence-corrected chi connectivity index (χ2v) is 9.01. The van der Waals surface area contributed by atoms with Gasteiger partial charge in [0.05, 0.1) is 10.6 Å². The predicted molar refractivity (Wildman–Crippen MR) is 127 cm³/mol. The van der Waals surface area contributed by atoms with Crippen molar-refractivity contribution in [1.29, 1.82) is 0 Å². The van der Waals surface area contributed by atoms with Gasteiger partial charge >= 0.3 is 5.97 Å². The number of fused-ring (bicyclic) bond motifs is 1. The number of aromatic hydroxyl groups is 1. The maximum absolute atomic E-state index is 13.3. The Kier molecular flexibility index (Phi) is 5.05. The van der Waals surface area contributed by atoms with Crippen LogP contribution in [0.5, 0.6) is 5.75 Å². The van der Waals surface area contributed by atoms with E-state index in [1.54, 1.807) is 29.6 Å². The molecule has 0 bridgehead atoms. The van der Waals surface area contributed by atoms with E-state index in [1.165, 1.54) is 11.3 Å². The number of rotatable bonds is 5. The number of phenols is 1. The Hall–Kier alpha value is -3.81. The number of carbonyl (C=O) groups is 2. The van der Waals surface area contributed by atoms with E-state index in [4.69, 9.17) is 5.11 Å². The van der Waals surface area contributed by atoms with Crippen LogP contribution in [0, 0.1) is 0 Å². The van der Waals surface area contributed by atoms with Crippen molar-refractivity contribution in [3.8, 4) is 28.1 Å². The third kappa shape index (κ3) is 3.57. The van der Waals surface area contributed by atoms with Gasteiger partial charge in [0, 0.05) is 32.2 Å². The van der Waals surface area contributed by atoms with Gasteiger partial charge in [0.2, 0.25) is 10.8 Å². The van der Waals surface area contributed by atoms with Crippen LogP contribution in [0.3, 0.4) is 0 Å². The Labute approximate surface area is 190 Å². The molecule has 32 heavy (non-hydrogen) atoms. The van der Waals surface area contributed by atoms with Crippen molar-refractivity contribution in [3.05, 3.63) is 93.6 Å². The molecule has 3 aromatic carbocycles. The molecule has 7 heteroatoms. The number of phenolic OH excluding ortho intramolecular Hbond substituents is 1. The molecule has 156 valence electrons. The molecular weight excluding hydrogens is 442 g/mol. The molecule has 2 aromatic heterocycles. The van der Waals surface area contributed by atoms with Crippen molar-refractivity contribution < 1.29 is 19.8 Å². The first kappa shape index (κ1) is 20.1. The van der Waals surface area contributed by atoms with E-state index in [-0.39, 0.29) is 16.5 Å². The molecule has 0 atom stereocenters. The number of hydrogen-bond acceptors (Lipinski definition) is 6. The Morgan fingerprint density at radius 1 is 0.875 bits per heavy atom. The van der Waals surface area contributed by atoms with Crippen molar-refractivity contribution in [2.75, 3.05) is 0 Å². The topological polar surface area (TPSA) is 87.5 Å². The van der Waals surface area contributed by atoms with Gasteiger partial charge in [0.15, 0.2) is 0 Å². The molecule has 0 aliphatic heterocycles. The Bertz CT molecular complexity index is 1470. The number of carbonyl (C=O) groups excluding carboxylic acids is 1. The largest absolute Gasteiger partial charge is 0.508 e. The van der Waals surface area contributed by atoms with Crippen LogP contribution < -0.4 is 0 Å². The highest BCUT2D eigenvalue weighted by atomic mass is 32.1. The Balaban J connectivity index is 1.62. The smallest absolute Gasteiger partial charge is 0.365 e. The normalized spacial score (nSPS) is 11.0. The second kappa shape index (κ2) is 8.03. The fourth-order valence-corrected chi connectivity index (χ4v) is 5.45. The van der Waals surface area contributed by atoms with Crippen LogP contribution in [0.15, 0.2) is 78.2 Å². The molecule has 2 heterocycles. The van der Waals surface area contributed by atoms with Crippen LogP contribution in [-0.4, -0.2) is 26.9 Å². The number of thiophene rings is 1. The van der Waals surface area contributed by atoms with Gasteiger partial charge < -0.3 is 10.2 Å². The predicted octanol–water partition coefficient (Wildman–Crippen LogP) is 6.33. The number of hydrogen-bond donors (Lipinski definition) is 2. The number of aromatic nitrogens is 1. The van der Waals surface area contributed by atoms with Gasteiger partial charge in [-0.3, -0.25) is 4.79 Å². The molecule has 0 saturated heterocycles. The molecule has 0 spiro atoms. The quantitative estimate of drug-likeness (QED) is 0.301. The molecule has 0 aliphatic carbocycles. The fraction of sp³-hybridized carbons (Fsp3) is 0. The van der Waals surface area contributed by atoms with Gasteiger partial charge in [-0.25, -0.2) is 9.78 Å². The zero-order valence-electron chi connectivity index (χ0n) is 16.5. The zero-order valence-corrected chi connectivity index (χ0v) is 18.1. The summed E-state index contributed by atoms with van der Waals surface area (Å²) in [7, 11) is 0. The molecule has 2 N–H and O–H groups in total. The van der Waals surface area contributed by atoms with Crippen LogP contribution in [0.1, 0.15) is 25.0 Å². The fourth-order valence-electron chi connectivity index (χ4n) is 3.56. The van der Waals surface area contributed by atoms with Gasteiger partial charge in [0.25, 0.3) is 0 Å². The molecule has 0 aliphatic rings. The Morgan fingerprint density at radius 2 is 1.59 bits per heavy atom. The lowest BCUT2D eigenvalue weighted by Crippen LogP contribution is -2.00. The van der Waals surface area contributed by atoms with E-state index in [0.29, 0.717) is 16.1 Å². The minimum absolute atomic E-state index is 0.0449. The molecule has 0 saturated carbocycles. The third-order valence-electron chi connectivity index (χ3n) is 5.07. The average molecular weight is 458 g/mol. The van der Waals surface area contributed by atoms with Crippen molar-refractivity contribution in [2.24, 2.45) is 0 Å². The van der Waals surface area contributed by atoms with E-state index in [0.717, 1.165) is 38.1 Å². The first-order valence-corrected chi connectivity index (χ1v) is 11.4. The number of ketones is 1. The van der Waals surface area contributed by atoms with E-state index < -0.39 is 5.97 Å². The van der Waals surface area contributed by atoms with Crippen molar-refractivity contribution in [3.63, 3.8) is 0 Å². The number of benzene rings is 3. The monoisotopic (exact) mass is 457 g/mol. The van der Waals surface area contributed by atoms with Crippen LogP contribution in [0.2, 0.25) is 0 Å². The van der Waals surface area contributed by atoms with E-state index >= 15 is 0 Å². The number of thiazole rings is 1. The summed E-state index contributed by atoms with van der Waals surface area (Å²) in [6, 6.07) is 21.8. The number of aromatic carboxylic acids is 1. The summed E-state index contributed by atoms with van der Waals surface area (Å²) in [6.45, 7) is 0.